The van der Waals surface area contributed by atoms with Gasteiger partial charge in [-0.3, -0.25) is 18.7 Å². The molecule has 2 N–H and O–H groups in total. The number of phenols is 1. The second-order valence-electron chi connectivity index (χ2n) is 7.62. The fourth-order valence-electron chi connectivity index (χ4n) is 4.46. The van der Waals surface area contributed by atoms with Gasteiger partial charge in [-0.25, -0.2) is 4.79 Å². The third kappa shape index (κ3) is 2.44. The van der Waals surface area contributed by atoms with E-state index in [0.29, 0.717) is 28.2 Å². The van der Waals surface area contributed by atoms with E-state index in [9.17, 15) is 19.5 Å². The summed E-state index contributed by atoms with van der Waals surface area (Å²) in [6.45, 7) is 0. The van der Waals surface area contributed by atoms with Crippen LogP contribution >= 0.6 is 0 Å². The Morgan fingerprint density at radius 1 is 1.00 bits per heavy atom. The van der Waals surface area contributed by atoms with E-state index in [0.717, 1.165) is 10.1 Å². The fraction of sp³-hybridized carbons (Fsp3) is 0.174. The molecule has 0 amide bonds. The summed E-state index contributed by atoms with van der Waals surface area (Å²) in [6, 6.07) is 11.9. The summed E-state index contributed by atoms with van der Waals surface area (Å²) in [6.07, 6.45) is 0. The Balaban J connectivity index is 1.89. The average Bonchev–Trinajstić information content (AvgIpc) is 3.07. The fourth-order valence-corrected chi connectivity index (χ4v) is 4.46. The first-order chi connectivity index (χ1) is 14.8. The Kier molecular flexibility index (Phi) is 3.95. The summed E-state index contributed by atoms with van der Waals surface area (Å²) in [5.41, 5.74) is 2.19. The number of allylic oxidation sites excluding steroid dienone is 1. The Morgan fingerprint density at radius 3 is 2.42 bits per heavy atom. The number of rotatable bonds is 2. The molecule has 0 bridgehead atoms. The third-order valence-electron chi connectivity index (χ3n) is 6.01. The number of carbonyl (C=O) groups excluding carboxylic acids is 1. The molecule has 1 atom stereocenters. The van der Waals surface area contributed by atoms with Gasteiger partial charge < -0.3 is 15.2 Å². The zero-order valence-electron chi connectivity index (χ0n) is 17.1. The van der Waals surface area contributed by atoms with Crippen molar-refractivity contribution in [3.8, 4) is 11.5 Å². The van der Waals surface area contributed by atoms with Crippen LogP contribution in [0.3, 0.4) is 0 Å². The van der Waals surface area contributed by atoms with Crippen molar-refractivity contribution in [3.63, 3.8) is 0 Å². The molecule has 0 unspecified atom stereocenters. The van der Waals surface area contributed by atoms with Crippen molar-refractivity contribution in [2.75, 3.05) is 12.4 Å². The van der Waals surface area contributed by atoms with Crippen molar-refractivity contribution in [2.45, 2.75) is 5.92 Å². The maximum Gasteiger partial charge on any atom is 0.332 e. The van der Waals surface area contributed by atoms with E-state index in [1.165, 1.54) is 24.8 Å². The SMILES string of the molecule is COc1cc([C@@H]2C3=C(Nc4c2c(=O)n(C)c(=O)n4C)c2ccccc2C3=O)ccc1O. The zero-order chi connectivity index (χ0) is 22.0. The number of carbonyl (C=O) groups is 1. The van der Waals surface area contributed by atoms with Crippen LogP contribution in [0.5, 0.6) is 11.5 Å². The maximum atomic E-state index is 13.4. The van der Waals surface area contributed by atoms with Crippen molar-refractivity contribution in [1.29, 1.82) is 0 Å². The Hall–Kier alpha value is -4.07. The molecule has 1 aromatic heterocycles. The van der Waals surface area contributed by atoms with Crippen LogP contribution in [0.1, 0.15) is 33.0 Å². The highest BCUT2D eigenvalue weighted by Crippen LogP contribution is 2.48. The zero-order valence-corrected chi connectivity index (χ0v) is 17.1. The molecule has 0 fully saturated rings. The van der Waals surface area contributed by atoms with Gasteiger partial charge in [-0.2, -0.15) is 0 Å². The van der Waals surface area contributed by atoms with Crippen LogP contribution in [-0.2, 0) is 14.1 Å². The number of anilines is 1. The number of methoxy groups -OCH3 is 1. The first-order valence-corrected chi connectivity index (χ1v) is 9.67. The van der Waals surface area contributed by atoms with Gasteiger partial charge in [0, 0.05) is 36.7 Å². The van der Waals surface area contributed by atoms with E-state index in [2.05, 4.69) is 5.32 Å². The lowest BCUT2D eigenvalue weighted by Crippen LogP contribution is -2.42. The number of aromatic nitrogens is 2. The number of benzene rings is 2. The van der Waals surface area contributed by atoms with Crippen LogP contribution < -0.4 is 21.3 Å². The number of nitrogens with one attached hydrogen (secondary N) is 1. The van der Waals surface area contributed by atoms with Gasteiger partial charge in [0.1, 0.15) is 5.82 Å². The van der Waals surface area contributed by atoms with Crippen LogP contribution in [0, 0.1) is 0 Å². The van der Waals surface area contributed by atoms with Crippen LogP contribution in [0.15, 0.2) is 57.6 Å². The average molecular weight is 417 g/mol. The Morgan fingerprint density at radius 2 is 1.71 bits per heavy atom. The maximum absolute atomic E-state index is 13.4. The molecular weight excluding hydrogens is 398 g/mol. The molecule has 8 nitrogen and oxygen atoms in total. The number of ether oxygens (including phenoxy) is 1. The van der Waals surface area contributed by atoms with Crippen molar-refractivity contribution < 1.29 is 14.6 Å². The monoisotopic (exact) mass is 417 g/mol. The molecule has 0 radical (unpaired) electrons. The molecule has 2 aromatic carbocycles. The van der Waals surface area contributed by atoms with Crippen LogP contribution in [-0.4, -0.2) is 27.1 Å². The van der Waals surface area contributed by atoms with Crippen LogP contribution in [0.2, 0.25) is 0 Å². The van der Waals surface area contributed by atoms with E-state index >= 15 is 0 Å². The predicted octanol–water partition coefficient (Wildman–Crippen LogP) is 1.96. The first-order valence-electron chi connectivity index (χ1n) is 9.67. The van der Waals surface area contributed by atoms with Gasteiger partial charge in [0.2, 0.25) is 0 Å². The number of ketones is 1. The quantitative estimate of drug-likeness (QED) is 0.661. The molecule has 31 heavy (non-hydrogen) atoms. The molecule has 5 rings (SSSR count). The summed E-state index contributed by atoms with van der Waals surface area (Å²) in [5, 5.41) is 13.3. The molecule has 8 heteroatoms. The van der Waals surface area contributed by atoms with E-state index in [4.69, 9.17) is 4.74 Å². The predicted molar refractivity (Wildman–Crippen MR) is 115 cm³/mol. The summed E-state index contributed by atoms with van der Waals surface area (Å²) >= 11 is 0. The molecule has 0 saturated carbocycles. The Bertz CT molecular complexity index is 1440. The normalized spacial score (nSPS) is 16.5. The van der Waals surface area contributed by atoms with Crippen LogP contribution in [0.4, 0.5) is 5.82 Å². The molecule has 3 aromatic rings. The minimum atomic E-state index is -0.744. The van der Waals surface area contributed by atoms with E-state index in [1.54, 1.807) is 31.3 Å². The molecule has 0 spiro atoms. The summed E-state index contributed by atoms with van der Waals surface area (Å²) in [7, 11) is 4.42. The molecule has 0 saturated heterocycles. The van der Waals surface area contributed by atoms with Crippen molar-refractivity contribution >= 4 is 17.3 Å². The number of Topliss-reactive ketones (excluding diaryl/α,β-unsaturated/α-hetero) is 1. The number of fused-ring (bicyclic) bond motifs is 3. The van der Waals surface area contributed by atoms with Crippen molar-refractivity contribution in [3.05, 3.63) is 91.1 Å². The second-order valence-corrected chi connectivity index (χ2v) is 7.62. The van der Waals surface area contributed by atoms with Gasteiger partial charge in [0.05, 0.1) is 18.4 Å². The highest BCUT2D eigenvalue weighted by atomic mass is 16.5. The summed E-state index contributed by atoms with van der Waals surface area (Å²) < 4.78 is 7.66. The topological polar surface area (TPSA) is 103 Å². The van der Waals surface area contributed by atoms with E-state index < -0.39 is 17.2 Å². The van der Waals surface area contributed by atoms with Crippen LogP contribution in [0.25, 0.3) is 5.70 Å². The number of aromatic hydroxyl groups is 1. The van der Waals surface area contributed by atoms with Gasteiger partial charge in [-0.05, 0) is 17.7 Å². The number of hydrogen-bond acceptors (Lipinski definition) is 6. The second kappa shape index (κ2) is 6.46. The van der Waals surface area contributed by atoms with E-state index in [1.807, 2.05) is 12.1 Å². The highest BCUT2D eigenvalue weighted by Gasteiger charge is 2.42. The summed E-state index contributed by atoms with van der Waals surface area (Å²) in [5.74, 6) is -0.412. The van der Waals surface area contributed by atoms with Gasteiger partial charge >= 0.3 is 5.69 Å². The molecule has 2 heterocycles. The van der Waals surface area contributed by atoms with Crippen molar-refractivity contribution in [1.82, 2.24) is 9.13 Å². The number of nitrogens with zero attached hydrogens (tertiary/aromatic N) is 2. The largest absolute Gasteiger partial charge is 0.504 e. The minimum Gasteiger partial charge on any atom is -0.504 e. The number of hydrogen-bond donors (Lipinski definition) is 2. The summed E-state index contributed by atoms with van der Waals surface area (Å²) in [4.78, 5) is 39.3. The van der Waals surface area contributed by atoms with Crippen molar-refractivity contribution in [2.24, 2.45) is 14.1 Å². The standard InChI is InChI=1S/C23H19N3O5/c1-25-21-18(22(29)26(2)23(25)30)16(11-8-9-14(27)15(10-11)31-3)17-19(24-21)12-6-4-5-7-13(12)20(17)28/h4-10,16,24,27H,1-3H3/t16-/m1/s1. The van der Waals surface area contributed by atoms with Gasteiger partial charge in [0.25, 0.3) is 5.56 Å². The minimum absolute atomic E-state index is 0.0518. The van der Waals surface area contributed by atoms with E-state index in [-0.39, 0.29) is 22.8 Å². The molecule has 156 valence electrons. The van der Waals surface area contributed by atoms with Gasteiger partial charge in [0.15, 0.2) is 17.3 Å². The Labute approximate surface area is 176 Å². The highest BCUT2D eigenvalue weighted by molar-refractivity contribution is 6.23. The smallest absolute Gasteiger partial charge is 0.332 e. The molecule has 1 aliphatic heterocycles. The lowest BCUT2D eigenvalue weighted by molar-refractivity contribution is 0.103. The number of phenolic OH excluding ortho intramolecular Hbond substituents is 1. The molecular formula is C23H19N3O5. The molecule has 1 aliphatic carbocycles. The van der Waals surface area contributed by atoms with Gasteiger partial charge in [-0.1, -0.05) is 30.3 Å². The molecule has 2 aliphatic rings. The van der Waals surface area contributed by atoms with Gasteiger partial charge in [-0.15, -0.1) is 0 Å². The third-order valence-corrected chi connectivity index (χ3v) is 6.01. The lowest BCUT2D eigenvalue weighted by Gasteiger charge is -2.29. The lowest BCUT2D eigenvalue weighted by atomic mass is 9.81. The first kappa shape index (κ1) is 18.9.